The Bertz CT molecular complexity index is 703. The molecule has 0 saturated carbocycles. The van der Waals surface area contributed by atoms with Crippen LogP contribution >= 0.6 is 0 Å². The van der Waals surface area contributed by atoms with Crippen LogP contribution in [0.15, 0.2) is 0 Å². The van der Waals surface area contributed by atoms with Gasteiger partial charge in [0.1, 0.15) is 16.8 Å². The quantitative estimate of drug-likeness (QED) is 0.255. The topological polar surface area (TPSA) is 150 Å². The average molecular weight is 579 g/mol. The van der Waals surface area contributed by atoms with Gasteiger partial charge in [-0.1, -0.05) is 0 Å². The molecule has 0 atom stereocenters. The number of hydrogen-bond donors (Lipinski definition) is 3. The number of hydrogen-bond acceptors (Lipinski definition) is 12. The van der Waals surface area contributed by atoms with E-state index < -0.39 is 29.1 Å². The first-order valence-electron chi connectivity index (χ1n) is 13.8. The summed E-state index contributed by atoms with van der Waals surface area (Å²) in [5.41, 5.74) is -1.82. The molecule has 2 aliphatic heterocycles. The van der Waals surface area contributed by atoms with Crippen LogP contribution in [0, 0.1) is 0 Å². The van der Waals surface area contributed by atoms with E-state index in [0.29, 0.717) is 26.2 Å². The van der Waals surface area contributed by atoms with E-state index in [1.807, 2.05) is 20.8 Å². The summed E-state index contributed by atoms with van der Waals surface area (Å²) in [6, 6.07) is 0. The largest absolute Gasteiger partial charge is 0.519 e. The van der Waals surface area contributed by atoms with Crippen LogP contribution in [0.25, 0.3) is 0 Å². The molecule has 0 aromatic rings. The van der Waals surface area contributed by atoms with Gasteiger partial charge in [0, 0.05) is 65.4 Å². The molecule has 2 heterocycles. The summed E-state index contributed by atoms with van der Waals surface area (Å²) < 4.78 is 19.1. The zero-order valence-electron chi connectivity index (χ0n) is 26.1. The van der Waals surface area contributed by atoms with Crippen molar-refractivity contribution in [2.24, 2.45) is 0 Å². The number of carbonyl (C=O) groups excluding carboxylic acids is 3. The smallest absolute Gasteiger partial charge is 0.444 e. The minimum absolute atomic E-state index is 0.173. The van der Waals surface area contributed by atoms with Crippen LogP contribution in [0.1, 0.15) is 62.3 Å². The number of nitrogens with one attached hydrogen (secondary N) is 1. The molecule has 0 aliphatic carbocycles. The molecule has 1 amide bonds. The molecule has 3 N–H and O–H groups in total. The lowest BCUT2D eigenvalue weighted by Crippen LogP contribution is -2.50. The number of rotatable bonds is 4. The van der Waals surface area contributed by atoms with Gasteiger partial charge in [-0.15, -0.1) is 0 Å². The van der Waals surface area contributed by atoms with Gasteiger partial charge in [0.2, 0.25) is 0 Å². The predicted octanol–water partition coefficient (Wildman–Crippen LogP) is 2.29. The fraction of sp³-hybridized carbons (Fsp3) is 0.889. The molecule has 13 nitrogen and oxygen atoms in total. The second kappa shape index (κ2) is 18.3. The molecule has 0 radical (unpaired) electrons. The van der Waals surface area contributed by atoms with Crippen molar-refractivity contribution in [1.82, 2.24) is 20.0 Å². The van der Waals surface area contributed by atoms with Crippen LogP contribution in [0.4, 0.5) is 14.4 Å². The lowest BCUT2D eigenvalue weighted by Gasteiger charge is -2.35. The Kier molecular flexibility index (Phi) is 17.3. The van der Waals surface area contributed by atoms with E-state index in [0.717, 1.165) is 45.8 Å². The van der Waals surface area contributed by atoms with Crippen LogP contribution in [0.2, 0.25) is 0 Å². The van der Waals surface area contributed by atoms with Crippen LogP contribution < -0.4 is 5.32 Å². The summed E-state index contributed by atoms with van der Waals surface area (Å²) >= 11 is 0. The van der Waals surface area contributed by atoms with Crippen LogP contribution in [0.3, 0.4) is 0 Å². The maximum absolute atomic E-state index is 11.7. The third kappa shape index (κ3) is 21.6. The number of amides is 1. The summed E-state index contributed by atoms with van der Waals surface area (Å²) in [5, 5.41) is 20.6. The van der Waals surface area contributed by atoms with Crippen molar-refractivity contribution in [3.63, 3.8) is 0 Å². The van der Waals surface area contributed by atoms with E-state index in [1.165, 1.54) is 0 Å². The highest BCUT2D eigenvalue weighted by Crippen LogP contribution is 2.12. The fourth-order valence-corrected chi connectivity index (χ4v) is 3.31. The third-order valence-corrected chi connectivity index (χ3v) is 5.01. The fourth-order valence-electron chi connectivity index (χ4n) is 3.31. The van der Waals surface area contributed by atoms with Gasteiger partial charge in [-0.05, 0) is 62.3 Å². The molecular formula is C27H54N4O9. The Morgan fingerprint density at radius 1 is 0.625 bits per heavy atom. The lowest BCUT2D eigenvalue weighted by atomic mass is 10.2. The van der Waals surface area contributed by atoms with E-state index in [1.54, 1.807) is 46.4 Å². The van der Waals surface area contributed by atoms with Crippen LogP contribution in [-0.2, 0) is 18.9 Å². The number of piperazine rings is 2. The molecule has 2 fully saturated rings. The SMILES string of the molecule is CC(C)(C)OC(=O)N1CCN(CCO)CC1.CC(C)(C)OC(=O)OC(=O)OC(C)(C)C.OCCN1CCNCC1. The van der Waals surface area contributed by atoms with Crippen LogP contribution in [-0.4, -0.2) is 139 Å². The Morgan fingerprint density at radius 3 is 1.35 bits per heavy atom. The molecule has 0 spiro atoms. The van der Waals surface area contributed by atoms with Gasteiger partial charge >= 0.3 is 18.4 Å². The third-order valence-electron chi connectivity index (χ3n) is 5.01. The van der Waals surface area contributed by atoms with Crippen molar-refractivity contribution in [1.29, 1.82) is 0 Å². The molecule has 2 aliphatic rings. The van der Waals surface area contributed by atoms with Crippen molar-refractivity contribution in [2.75, 3.05) is 78.7 Å². The van der Waals surface area contributed by atoms with Crippen molar-refractivity contribution < 1.29 is 43.5 Å². The van der Waals surface area contributed by atoms with Gasteiger partial charge in [-0.3, -0.25) is 9.80 Å². The van der Waals surface area contributed by atoms with E-state index in [2.05, 4.69) is 19.9 Å². The number of β-amino-alcohol motifs (C(OH)–C–C–N with tert-alkyl or cyclic N) is 2. The second-order valence-electron chi connectivity index (χ2n) is 12.4. The summed E-state index contributed by atoms with van der Waals surface area (Å²) in [6.07, 6.45) is -2.36. The molecule has 40 heavy (non-hydrogen) atoms. The number of aliphatic hydroxyl groups excluding tert-OH is 2. The van der Waals surface area contributed by atoms with Gasteiger partial charge in [0.25, 0.3) is 0 Å². The predicted molar refractivity (Wildman–Crippen MR) is 151 cm³/mol. The van der Waals surface area contributed by atoms with Gasteiger partial charge in [-0.25, -0.2) is 14.4 Å². The Morgan fingerprint density at radius 2 is 1.00 bits per heavy atom. The van der Waals surface area contributed by atoms with Crippen molar-refractivity contribution in [3.05, 3.63) is 0 Å². The minimum atomic E-state index is -1.06. The molecular weight excluding hydrogens is 524 g/mol. The Labute approximate surface area is 240 Å². The number of aliphatic hydroxyl groups is 2. The average Bonchev–Trinajstić information content (AvgIpc) is 2.78. The maximum atomic E-state index is 11.7. The molecule has 13 heteroatoms. The summed E-state index contributed by atoms with van der Waals surface area (Å²) in [5.74, 6) is 0. The van der Waals surface area contributed by atoms with Crippen molar-refractivity contribution in [2.45, 2.75) is 79.1 Å². The van der Waals surface area contributed by atoms with Gasteiger partial charge in [0.05, 0.1) is 13.2 Å². The molecule has 2 saturated heterocycles. The van der Waals surface area contributed by atoms with E-state index in [4.69, 9.17) is 24.4 Å². The van der Waals surface area contributed by atoms with Crippen molar-refractivity contribution in [3.8, 4) is 0 Å². The monoisotopic (exact) mass is 578 g/mol. The number of carbonyl (C=O) groups is 3. The summed E-state index contributed by atoms with van der Waals surface area (Å²) in [4.78, 5) is 39.9. The minimum Gasteiger partial charge on any atom is -0.444 e. The molecule has 0 aromatic carbocycles. The summed E-state index contributed by atoms with van der Waals surface area (Å²) in [6.45, 7) is 24.9. The zero-order chi connectivity index (χ0) is 31.0. The first kappa shape index (κ1) is 37.8. The zero-order valence-corrected chi connectivity index (χ0v) is 26.1. The van der Waals surface area contributed by atoms with Crippen molar-refractivity contribution >= 4 is 18.4 Å². The van der Waals surface area contributed by atoms with Gasteiger partial charge < -0.3 is 39.4 Å². The summed E-state index contributed by atoms with van der Waals surface area (Å²) in [7, 11) is 0. The highest BCUT2D eigenvalue weighted by atomic mass is 16.8. The van der Waals surface area contributed by atoms with E-state index in [9.17, 15) is 14.4 Å². The van der Waals surface area contributed by atoms with E-state index in [-0.39, 0.29) is 12.7 Å². The lowest BCUT2D eigenvalue weighted by molar-refractivity contribution is -0.0294. The molecule has 0 aromatic heterocycles. The molecule has 0 unspecified atom stereocenters. The second-order valence-corrected chi connectivity index (χ2v) is 12.4. The molecule has 236 valence electrons. The number of ether oxygens (including phenoxy) is 4. The van der Waals surface area contributed by atoms with E-state index >= 15 is 0 Å². The first-order chi connectivity index (χ1) is 18.3. The van der Waals surface area contributed by atoms with Gasteiger partial charge in [-0.2, -0.15) is 0 Å². The molecule has 2 rings (SSSR count). The Balaban J connectivity index is 0.000000592. The first-order valence-corrected chi connectivity index (χ1v) is 13.8. The Hall–Kier alpha value is -2.19. The standard InChI is InChI=1S/C11H22N2O3.C10H18O5.C6H14N2O/c1-11(2,3)16-10(15)13-6-4-12(5-7-13)8-9-14;1-9(2,3)14-7(11)13-8(12)15-10(4,5)6;9-6-5-8-3-1-7-2-4-8/h14H,4-9H2,1-3H3;1-6H3;7,9H,1-6H2. The normalized spacial score (nSPS) is 16.9. The van der Waals surface area contributed by atoms with Crippen LogP contribution in [0.5, 0.6) is 0 Å². The highest BCUT2D eigenvalue weighted by Gasteiger charge is 2.26. The highest BCUT2D eigenvalue weighted by molar-refractivity contribution is 5.77. The molecule has 0 bridgehead atoms. The number of nitrogens with zero attached hydrogens (tertiary/aromatic N) is 3. The van der Waals surface area contributed by atoms with Gasteiger partial charge in [0.15, 0.2) is 0 Å². The maximum Gasteiger partial charge on any atom is 0.519 e.